The molecule has 0 aliphatic carbocycles. The lowest BCUT2D eigenvalue weighted by Crippen LogP contribution is -2.00. The second kappa shape index (κ2) is 12.1. The van der Waals surface area contributed by atoms with Gasteiger partial charge in [0, 0.05) is 43.6 Å². The molecule has 0 atom stereocenters. The fourth-order valence-corrected chi connectivity index (χ4v) is 7.06. The quantitative estimate of drug-likeness (QED) is 0.179. The Hall–Kier alpha value is -7.37. The molecule has 0 aliphatic heterocycles. The van der Waals surface area contributed by atoms with Crippen molar-refractivity contribution in [1.82, 2.24) is 15.0 Å². The number of furan rings is 2. The van der Waals surface area contributed by atoms with E-state index >= 15 is 0 Å². The molecule has 8 aromatic carbocycles. The van der Waals surface area contributed by atoms with Gasteiger partial charge in [-0.15, -0.1) is 0 Å². The Morgan fingerprint density at radius 3 is 1.94 bits per heavy atom. The molecule has 0 amide bonds. The summed E-state index contributed by atoms with van der Waals surface area (Å²) in [6, 6.07) is 34.8. The molecule has 0 saturated heterocycles. The molecule has 252 valence electrons. The van der Waals surface area contributed by atoms with E-state index in [-0.39, 0.29) is 61.8 Å². The summed E-state index contributed by atoms with van der Waals surface area (Å²) in [5.74, 6) is 0.323. The normalized spacial score (nSPS) is 14.0. The van der Waals surface area contributed by atoms with Crippen LogP contribution in [0.1, 0.15) is 12.3 Å². The van der Waals surface area contributed by atoms with Crippen molar-refractivity contribution in [3.05, 3.63) is 176 Å². The predicted octanol–water partition coefficient (Wildman–Crippen LogP) is 13.2. The summed E-state index contributed by atoms with van der Waals surface area (Å²) in [5, 5.41) is 1.29. The van der Waals surface area contributed by atoms with E-state index in [0.29, 0.717) is 22.3 Å². The third-order valence-corrected chi connectivity index (χ3v) is 9.61. The van der Waals surface area contributed by atoms with Crippen LogP contribution in [0.3, 0.4) is 0 Å². The number of benzene rings is 8. The van der Waals surface area contributed by atoms with E-state index in [1.54, 1.807) is 0 Å². The lowest BCUT2D eigenvalue weighted by Gasteiger charge is -2.10. The van der Waals surface area contributed by atoms with Crippen LogP contribution in [-0.4, -0.2) is 15.0 Å². The van der Waals surface area contributed by atoms with Crippen molar-refractivity contribution >= 4 is 54.6 Å². The lowest BCUT2D eigenvalue weighted by molar-refractivity contribution is 0.669. The number of hydrogen-bond acceptors (Lipinski definition) is 5. The summed E-state index contributed by atoms with van der Waals surface area (Å²) in [6.07, 6.45) is 0. The standard InChI is InChI=1S/C49H29N3O2/c1-3-11-30(12-4-1)33-16-9-17-34(27-33)47-50-48(35-23-26-42-41(28-35)39-24-21-32-15-7-8-18-38(32)46(39)54-42)52-49(51-47)36-22-25-40-44(29-36)53-43-20-10-19-37(45(40)43)31-13-5-2-6-14-31/h1-29H/i7D,8D,15D,18D,21D,23D,24D,26D,28D. The highest BCUT2D eigenvalue weighted by molar-refractivity contribution is 6.16. The molecular formula is C49H29N3O2. The van der Waals surface area contributed by atoms with Gasteiger partial charge < -0.3 is 8.83 Å². The van der Waals surface area contributed by atoms with E-state index in [4.69, 9.17) is 32.0 Å². The topological polar surface area (TPSA) is 65.0 Å². The smallest absolute Gasteiger partial charge is 0.164 e. The van der Waals surface area contributed by atoms with Crippen molar-refractivity contribution in [2.45, 2.75) is 0 Å². The summed E-state index contributed by atoms with van der Waals surface area (Å²) in [5.41, 5.74) is 5.80. The van der Waals surface area contributed by atoms with Crippen LogP contribution >= 0.6 is 0 Å². The van der Waals surface area contributed by atoms with Gasteiger partial charge in [0.1, 0.15) is 22.3 Å². The van der Waals surface area contributed by atoms with Crippen molar-refractivity contribution in [2.75, 3.05) is 0 Å². The first-order valence-electron chi connectivity index (χ1n) is 21.8. The molecule has 5 nitrogen and oxygen atoms in total. The van der Waals surface area contributed by atoms with Crippen molar-refractivity contribution in [3.63, 3.8) is 0 Å². The molecule has 0 N–H and O–H groups in total. The molecule has 11 rings (SSSR count). The van der Waals surface area contributed by atoms with Crippen molar-refractivity contribution in [1.29, 1.82) is 0 Å². The molecule has 5 heteroatoms. The molecule has 54 heavy (non-hydrogen) atoms. The third kappa shape index (κ3) is 4.98. The van der Waals surface area contributed by atoms with Crippen LogP contribution in [0.25, 0.3) is 111 Å². The molecule has 3 aromatic heterocycles. The fourth-order valence-electron chi connectivity index (χ4n) is 7.06. The zero-order valence-electron chi connectivity index (χ0n) is 37.2. The first kappa shape index (κ1) is 22.5. The summed E-state index contributed by atoms with van der Waals surface area (Å²) >= 11 is 0. The molecule has 3 heterocycles. The van der Waals surface area contributed by atoms with Crippen LogP contribution in [-0.2, 0) is 0 Å². The van der Waals surface area contributed by atoms with E-state index in [2.05, 4.69) is 18.2 Å². The van der Waals surface area contributed by atoms with Gasteiger partial charge in [-0.1, -0.05) is 127 Å². The molecule has 11 aromatic rings. The second-order valence-electron chi connectivity index (χ2n) is 12.9. The second-order valence-corrected chi connectivity index (χ2v) is 12.9. The Bertz CT molecular complexity index is 3740. The molecular weight excluding hydrogens is 663 g/mol. The van der Waals surface area contributed by atoms with Gasteiger partial charge in [0.05, 0.1) is 12.3 Å². The van der Waals surface area contributed by atoms with Crippen LogP contribution < -0.4 is 0 Å². The van der Waals surface area contributed by atoms with Crippen LogP contribution in [0.5, 0.6) is 0 Å². The van der Waals surface area contributed by atoms with Gasteiger partial charge in [-0.2, -0.15) is 0 Å². The van der Waals surface area contributed by atoms with E-state index in [1.807, 2.05) is 103 Å². The highest BCUT2D eigenvalue weighted by Crippen LogP contribution is 2.39. The Morgan fingerprint density at radius 2 is 1.11 bits per heavy atom. The van der Waals surface area contributed by atoms with E-state index in [1.165, 1.54) is 0 Å². The van der Waals surface area contributed by atoms with E-state index in [0.717, 1.165) is 33.0 Å². The first-order chi connectivity index (χ1) is 30.5. The van der Waals surface area contributed by atoms with Gasteiger partial charge in [-0.3, -0.25) is 0 Å². The molecule has 0 aliphatic rings. The lowest BCUT2D eigenvalue weighted by atomic mass is 9.99. The number of hydrogen-bond donors (Lipinski definition) is 0. The van der Waals surface area contributed by atoms with Crippen molar-refractivity contribution in [3.8, 4) is 56.4 Å². The Kier molecular flexibility index (Phi) is 5.06. The van der Waals surface area contributed by atoms with Gasteiger partial charge in [0.2, 0.25) is 0 Å². The highest BCUT2D eigenvalue weighted by atomic mass is 16.3. The number of nitrogens with zero attached hydrogens (tertiary/aromatic N) is 3. The Labute approximate surface area is 322 Å². The van der Waals surface area contributed by atoms with Gasteiger partial charge in [-0.05, 0) is 76.1 Å². The van der Waals surface area contributed by atoms with Gasteiger partial charge in [0.15, 0.2) is 17.5 Å². The van der Waals surface area contributed by atoms with Crippen LogP contribution in [0.2, 0.25) is 0 Å². The predicted molar refractivity (Wildman–Crippen MR) is 219 cm³/mol. The zero-order valence-corrected chi connectivity index (χ0v) is 28.2. The van der Waals surface area contributed by atoms with Crippen molar-refractivity contribution in [2.24, 2.45) is 0 Å². The molecule has 0 spiro atoms. The van der Waals surface area contributed by atoms with Gasteiger partial charge in [-0.25, -0.2) is 15.0 Å². The van der Waals surface area contributed by atoms with Crippen LogP contribution in [0.15, 0.2) is 185 Å². The fraction of sp³-hybridized carbons (Fsp3) is 0. The first-order valence-corrected chi connectivity index (χ1v) is 17.3. The number of aromatic nitrogens is 3. The summed E-state index contributed by atoms with van der Waals surface area (Å²) in [6.45, 7) is 0. The highest BCUT2D eigenvalue weighted by Gasteiger charge is 2.18. The van der Waals surface area contributed by atoms with Gasteiger partial charge >= 0.3 is 0 Å². The van der Waals surface area contributed by atoms with Crippen molar-refractivity contribution < 1.29 is 21.2 Å². The molecule has 0 fully saturated rings. The van der Waals surface area contributed by atoms with Crippen LogP contribution in [0, 0.1) is 0 Å². The largest absolute Gasteiger partial charge is 0.456 e. The molecule has 0 radical (unpaired) electrons. The number of rotatable bonds is 5. The summed E-state index contributed by atoms with van der Waals surface area (Å²) < 4.78 is 92.5. The van der Waals surface area contributed by atoms with E-state index in [9.17, 15) is 4.11 Å². The minimum absolute atomic E-state index is 0.0821. The Balaban J connectivity index is 1.17. The third-order valence-electron chi connectivity index (χ3n) is 9.61. The maximum Gasteiger partial charge on any atom is 0.164 e. The average molecular weight is 701 g/mol. The summed E-state index contributed by atoms with van der Waals surface area (Å²) in [4.78, 5) is 14.7. The average Bonchev–Trinajstić information content (AvgIpc) is 3.91. The zero-order chi connectivity index (χ0) is 43.4. The monoisotopic (exact) mass is 700 g/mol. The molecule has 0 bridgehead atoms. The summed E-state index contributed by atoms with van der Waals surface area (Å²) in [7, 11) is 0. The van der Waals surface area contributed by atoms with Gasteiger partial charge in [0.25, 0.3) is 0 Å². The molecule has 0 saturated carbocycles. The maximum atomic E-state index is 9.64. The Morgan fingerprint density at radius 1 is 0.407 bits per heavy atom. The SMILES string of the molecule is [2H]c1c(-c2nc(-c3cccc(-c4ccccc4)c3)nc(-c3ccc4c(c3)oc3cccc(-c5ccccc5)c34)n2)c([2H])c2c(oc3c4c([2H])c([2H])c([2H])c([2H])c4c([2H])c([2H])c32)c1[2H]. The van der Waals surface area contributed by atoms with Crippen LogP contribution in [0.4, 0.5) is 0 Å². The molecule has 0 unspecified atom stereocenters. The number of fused-ring (bicyclic) bond motifs is 8. The minimum Gasteiger partial charge on any atom is -0.456 e. The van der Waals surface area contributed by atoms with E-state index < -0.39 is 48.3 Å². The minimum atomic E-state index is -0.568. The maximum absolute atomic E-state index is 9.64.